The molecule has 1 aliphatic heterocycles. The summed E-state index contributed by atoms with van der Waals surface area (Å²) in [4.78, 5) is 26.7. The van der Waals surface area contributed by atoms with Gasteiger partial charge in [-0.25, -0.2) is 0 Å². The van der Waals surface area contributed by atoms with Crippen LogP contribution < -0.4 is 15.5 Å². The summed E-state index contributed by atoms with van der Waals surface area (Å²) in [5, 5.41) is 6.33. The van der Waals surface area contributed by atoms with E-state index in [1.54, 1.807) is 4.90 Å². The van der Waals surface area contributed by atoms with Gasteiger partial charge in [-0.2, -0.15) is 0 Å². The van der Waals surface area contributed by atoms with Gasteiger partial charge in [0.05, 0.1) is 6.42 Å². The molecule has 0 bridgehead atoms. The van der Waals surface area contributed by atoms with Crippen molar-refractivity contribution in [2.24, 2.45) is 5.92 Å². The summed E-state index contributed by atoms with van der Waals surface area (Å²) in [6.45, 7) is 4.74. The first-order chi connectivity index (χ1) is 14.2. The van der Waals surface area contributed by atoms with Crippen molar-refractivity contribution in [1.82, 2.24) is 5.32 Å². The third-order valence-corrected chi connectivity index (χ3v) is 5.52. The van der Waals surface area contributed by atoms with E-state index in [0.29, 0.717) is 25.3 Å². The maximum Gasteiger partial charge on any atom is 0.231 e. The average molecular weight is 430 g/mol. The Kier molecular flexibility index (Phi) is 9.84. The van der Waals surface area contributed by atoms with Crippen LogP contribution in [0.15, 0.2) is 54.6 Å². The molecular formula is C24H32ClN3O2. The summed E-state index contributed by atoms with van der Waals surface area (Å²) in [6, 6.07) is 17.3. The molecule has 1 aliphatic rings. The van der Waals surface area contributed by atoms with Crippen LogP contribution in [0.3, 0.4) is 0 Å². The zero-order valence-corrected chi connectivity index (χ0v) is 18.4. The smallest absolute Gasteiger partial charge is 0.231 e. The molecule has 5 nitrogen and oxygen atoms in total. The molecule has 2 aromatic rings. The molecule has 3 rings (SSSR count). The molecule has 0 radical (unpaired) electrons. The van der Waals surface area contributed by atoms with Crippen molar-refractivity contribution >= 4 is 35.6 Å². The van der Waals surface area contributed by atoms with Gasteiger partial charge in [-0.05, 0) is 75.0 Å². The molecule has 0 aromatic heterocycles. The van der Waals surface area contributed by atoms with Crippen molar-refractivity contribution in [3.63, 3.8) is 0 Å². The second-order valence-corrected chi connectivity index (χ2v) is 7.63. The zero-order valence-electron chi connectivity index (χ0n) is 17.6. The highest BCUT2D eigenvalue weighted by Crippen LogP contribution is 2.19. The number of likely N-dealkylation sites (N-methyl/N-ethyl adjacent to an activating group) is 1. The number of nitrogens with one attached hydrogen (secondary N) is 2. The SMILES string of the molecule is CCN(C(=O)Cc1ccc(NC(=O)CCC2CCNCC2)cc1)c1ccccc1.Cl. The maximum absolute atomic E-state index is 12.7. The average Bonchev–Trinajstić information content (AvgIpc) is 2.76. The number of halogens is 1. The molecule has 0 atom stereocenters. The van der Waals surface area contributed by atoms with Gasteiger partial charge in [-0.1, -0.05) is 30.3 Å². The largest absolute Gasteiger partial charge is 0.326 e. The van der Waals surface area contributed by atoms with E-state index in [2.05, 4.69) is 10.6 Å². The Morgan fingerprint density at radius 1 is 1.03 bits per heavy atom. The van der Waals surface area contributed by atoms with Crippen LogP contribution in [-0.2, 0) is 16.0 Å². The van der Waals surface area contributed by atoms with Gasteiger partial charge in [-0.15, -0.1) is 12.4 Å². The van der Waals surface area contributed by atoms with Crippen molar-refractivity contribution in [3.8, 4) is 0 Å². The monoisotopic (exact) mass is 429 g/mol. The molecule has 1 saturated heterocycles. The van der Waals surface area contributed by atoms with Gasteiger partial charge in [0.1, 0.15) is 0 Å². The van der Waals surface area contributed by atoms with E-state index in [4.69, 9.17) is 0 Å². The van der Waals surface area contributed by atoms with Gasteiger partial charge in [0.15, 0.2) is 0 Å². The number of hydrogen-bond acceptors (Lipinski definition) is 3. The molecule has 0 aliphatic carbocycles. The van der Waals surface area contributed by atoms with E-state index < -0.39 is 0 Å². The van der Waals surface area contributed by atoms with Gasteiger partial charge in [0.2, 0.25) is 11.8 Å². The lowest BCUT2D eigenvalue weighted by molar-refractivity contribution is -0.118. The number of rotatable bonds is 8. The Balaban J connectivity index is 0.00000320. The van der Waals surface area contributed by atoms with Gasteiger partial charge >= 0.3 is 0 Å². The molecule has 2 amide bonds. The van der Waals surface area contributed by atoms with Crippen molar-refractivity contribution in [2.75, 3.05) is 29.9 Å². The number of carbonyl (C=O) groups is 2. The minimum absolute atomic E-state index is 0. The number of nitrogens with zero attached hydrogens (tertiary/aromatic N) is 1. The summed E-state index contributed by atoms with van der Waals surface area (Å²) in [6.07, 6.45) is 4.17. The number of hydrogen-bond donors (Lipinski definition) is 2. The molecule has 30 heavy (non-hydrogen) atoms. The molecule has 1 heterocycles. The van der Waals surface area contributed by atoms with E-state index in [1.807, 2.05) is 61.5 Å². The Morgan fingerprint density at radius 3 is 2.33 bits per heavy atom. The van der Waals surface area contributed by atoms with Crippen LogP contribution in [0.2, 0.25) is 0 Å². The number of amides is 2. The Labute approximate surface area is 185 Å². The molecule has 6 heteroatoms. The highest BCUT2D eigenvalue weighted by Gasteiger charge is 2.16. The van der Waals surface area contributed by atoms with Crippen molar-refractivity contribution < 1.29 is 9.59 Å². The highest BCUT2D eigenvalue weighted by atomic mass is 35.5. The molecule has 0 saturated carbocycles. The topological polar surface area (TPSA) is 61.4 Å². The van der Waals surface area contributed by atoms with E-state index in [-0.39, 0.29) is 24.2 Å². The predicted octanol–water partition coefficient (Wildman–Crippen LogP) is 4.42. The summed E-state index contributed by atoms with van der Waals surface area (Å²) in [5.41, 5.74) is 2.64. The summed E-state index contributed by atoms with van der Waals surface area (Å²) in [5.74, 6) is 0.785. The summed E-state index contributed by atoms with van der Waals surface area (Å²) < 4.78 is 0. The van der Waals surface area contributed by atoms with Crippen LogP contribution in [0.4, 0.5) is 11.4 Å². The number of para-hydroxylation sites is 1. The summed E-state index contributed by atoms with van der Waals surface area (Å²) in [7, 11) is 0. The number of piperidine rings is 1. The van der Waals surface area contributed by atoms with E-state index >= 15 is 0 Å². The van der Waals surface area contributed by atoms with Crippen LogP contribution in [0.1, 0.15) is 38.2 Å². The fourth-order valence-corrected chi connectivity index (χ4v) is 3.82. The lowest BCUT2D eigenvalue weighted by Gasteiger charge is -2.22. The number of anilines is 2. The lowest BCUT2D eigenvalue weighted by atomic mass is 9.93. The van der Waals surface area contributed by atoms with Crippen LogP contribution >= 0.6 is 12.4 Å². The minimum atomic E-state index is 0. The summed E-state index contributed by atoms with van der Waals surface area (Å²) >= 11 is 0. The number of carbonyl (C=O) groups excluding carboxylic acids is 2. The van der Waals surface area contributed by atoms with E-state index in [9.17, 15) is 9.59 Å². The second kappa shape index (κ2) is 12.4. The van der Waals surface area contributed by atoms with Gasteiger partial charge in [0, 0.05) is 24.3 Å². The maximum atomic E-state index is 12.7. The van der Waals surface area contributed by atoms with Gasteiger partial charge in [0.25, 0.3) is 0 Å². The molecule has 0 spiro atoms. The fraction of sp³-hybridized carbons (Fsp3) is 0.417. The van der Waals surface area contributed by atoms with Crippen LogP contribution in [-0.4, -0.2) is 31.4 Å². The first-order valence-electron chi connectivity index (χ1n) is 10.6. The fourth-order valence-electron chi connectivity index (χ4n) is 3.82. The van der Waals surface area contributed by atoms with Crippen LogP contribution in [0.25, 0.3) is 0 Å². The lowest BCUT2D eigenvalue weighted by Crippen LogP contribution is -2.31. The molecular weight excluding hydrogens is 398 g/mol. The Hall–Kier alpha value is -2.37. The Morgan fingerprint density at radius 2 is 1.70 bits per heavy atom. The molecule has 0 unspecified atom stereocenters. The van der Waals surface area contributed by atoms with Crippen molar-refractivity contribution in [2.45, 2.75) is 39.0 Å². The predicted molar refractivity (Wildman–Crippen MR) is 125 cm³/mol. The van der Waals surface area contributed by atoms with E-state index in [1.165, 1.54) is 0 Å². The zero-order chi connectivity index (χ0) is 20.5. The minimum Gasteiger partial charge on any atom is -0.326 e. The van der Waals surface area contributed by atoms with Crippen LogP contribution in [0.5, 0.6) is 0 Å². The third kappa shape index (κ3) is 7.15. The standard InChI is InChI=1S/C24H31N3O2.ClH/c1-2-27(22-6-4-3-5-7-22)24(29)18-20-8-11-21(12-9-20)26-23(28)13-10-19-14-16-25-17-15-19;/h3-9,11-12,19,25H,2,10,13-18H2,1H3,(H,26,28);1H. The normalized spacial score (nSPS) is 13.9. The highest BCUT2D eigenvalue weighted by molar-refractivity contribution is 5.95. The first-order valence-corrected chi connectivity index (χ1v) is 10.6. The number of benzene rings is 2. The van der Waals surface area contributed by atoms with Gasteiger partial charge < -0.3 is 15.5 Å². The molecule has 162 valence electrons. The van der Waals surface area contributed by atoms with Crippen LogP contribution in [0, 0.1) is 5.92 Å². The third-order valence-electron chi connectivity index (χ3n) is 5.52. The van der Waals surface area contributed by atoms with Gasteiger partial charge in [-0.3, -0.25) is 9.59 Å². The second-order valence-electron chi connectivity index (χ2n) is 7.63. The first kappa shape index (κ1) is 23.9. The molecule has 2 N–H and O–H groups in total. The quantitative estimate of drug-likeness (QED) is 0.652. The molecule has 2 aromatic carbocycles. The van der Waals surface area contributed by atoms with Crippen molar-refractivity contribution in [1.29, 1.82) is 0 Å². The Bertz CT molecular complexity index is 790. The van der Waals surface area contributed by atoms with E-state index in [0.717, 1.165) is 49.3 Å². The molecule has 1 fully saturated rings. The van der Waals surface area contributed by atoms with Crippen molar-refractivity contribution in [3.05, 3.63) is 60.2 Å².